The molecule has 0 amide bonds. The van der Waals surface area contributed by atoms with Gasteiger partial charge in [0.05, 0.1) is 17.2 Å². The molecule has 2 aromatic carbocycles. The van der Waals surface area contributed by atoms with Crippen LogP contribution in [0.4, 0.5) is 0 Å². The summed E-state index contributed by atoms with van der Waals surface area (Å²) in [4.78, 5) is 11.3. The largest absolute Gasteiger partial charge is 0.396 e. The molecule has 1 radical (unpaired) electrons. The molecule has 1 aliphatic carbocycles. The van der Waals surface area contributed by atoms with Gasteiger partial charge < -0.3 is 5.11 Å². The van der Waals surface area contributed by atoms with E-state index in [0.717, 1.165) is 49.6 Å². The predicted octanol–water partition coefficient (Wildman–Crippen LogP) is 15.9. The Morgan fingerprint density at radius 2 is 1.27 bits per heavy atom. The van der Waals surface area contributed by atoms with E-state index in [1.807, 2.05) is 56.7 Å². The number of rotatable bonds is 23. The minimum absolute atomic E-state index is 0.0472. The molecule has 0 atom stereocenters. The molecule has 0 saturated carbocycles. The van der Waals surface area contributed by atoms with Crippen LogP contribution in [0.25, 0.3) is 51.4 Å². The van der Waals surface area contributed by atoms with Crippen LogP contribution in [0.2, 0.25) is 0 Å². The summed E-state index contributed by atoms with van der Waals surface area (Å²) < 4.78 is 11.3. The normalized spacial score (nSPS) is 13.0. The number of hydrogen-bond acceptors (Lipinski definition) is 9. The quantitative estimate of drug-likeness (QED) is 0.0513. The fourth-order valence-corrected chi connectivity index (χ4v) is 16.2. The third-order valence-corrected chi connectivity index (χ3v) is 19.6. The van der Waals surface area contributed by atoms with E-state index in [1.165, 1.54) is 154 Å². The fourth-order valence-electron chi connectivity index (χ4n) is 9.33. The molecule has 64 heavy (non-hydrogen) atoms. The van der Waals surface area contributed by atoms with Crippen molar-refractivity contribution in [2.24, 2.45) is 0 Å². The summed E-state index contributed by atoms with van der Waals surface area (Å²) in [5, 5.41) is 11.6. The minimum Gasteiger partial charge on any atom is -0.396 e. The summed E-state index contributed by atoms with van der Waals surface area (Å²) in [6.45, 7) is 9.69. The number of thiophene rings is 5. The summed E-state index contributed by atoms with van der Waals surface area (Å²) >= 11 is 11.1. The molecule has 0 fully saturated rings. The number of aliphatic hydroxyl groups excluding tert-OH is 1. The molecule has 0 unspecified atom stereocenters. The van der Waals surface area contributed by atoms with E-state index >= 15 is 0 Å². The zero-order valence-electron chi connectivity index (χ0n) is 37.9. The third-order valence-electron chi connectivity index (χ3n) is 13.1. The van der Waals surface area contributed by atoms with Gasteiger partial charge in [-0.2, -0.15) is 8.75 Å². The van der Waals surface area contributed by atoms with Gasteiger partial charge in [0.25, 0.3) is 0 Å². The van der Waals surface area contributed by atoms with Crippen LogP contribution in [-0.2, 0) is 31.1 Å². The lowest BCUT2D eigenvalue weighted by atomic mass is 9.66. The summed E-state index contributed by atoms with van der Waals surface area (Å²) in [7, 11) is 2.43. The molecular weight excluding hydrogens is 896 g/mol. The fraction of sp³-hybridized carbons (Fsp3) is 0.407. The first-order chi connectivity index (χ1) is 31.3. The van der Waals surface area contributed by atoms with Gasteiger partial charge >= 0.3 is 0 Å². The topological polar surface area (TPSA) is 46.0 Å². The molecule has 8 aromatic rings. The van der Waals surface area contributed by atoms with E-state index in [2.05, 4.69) is 113 Å². The number of unbranched alkanes of at least 4 members (excludes halogenated alkanes) is 9. The van der Waals surface area contributed by atoms with Crippen LogP contribution < -0.4 is 10.2 Å². The summed E-state index contributed by atoms with van der Waals surface area (Å²) in [6.07, 6.45) is 19.1. The Morgan fingerprint density at radius 1 is 0.609 bits per heavy atom. The number of benzene rings is 2. The smallest absolute Gasteiger partial charge is 0.208 e. The molecule has 0 aliphatic heterocycles. The number of aryl methyl sites for hydroxylation is 3. The first-order valence-electron chi connectivity index (χ1n) is 23.7. The Morgan fingerprint density at radius 3 is 2.03 bits per heavy atom. The van der Waals surface area contributed by atoms with Crippen LogP contribution in [0.15, 0.2) is 78.2 Å². The Kier molecular flexibility index (Phi) is 15.2. The van der Waals surface area contributed by atoms with Crippen LogP contribution in [0.3, 0.4) is 0 Å². The van der Waals surface area contributed by atoms with E-state index in [0.29, 0.717) is 6.61 Å². The average molecular weight is 956 g/mol. The molecule has 1 aliphatic rings. The lowest BCUT2D eigenvalue weighted by molar-refractivity contribution is 0.282. The number of aromatic nitrogens is 2. The van der Waals surface area contributed by atoms with Gasteiger partial charge in [0.15, 0.2) is 0 Å². The Balaban J connectivity index is 0.990. The van der Waals surface area contributed by atoms with Crippen LogP contribution in [0, 0.1) is 0 Å². The number of hydrogen-bond donors (Lipinski definition) is 1. The van der Waals surface area contributed by atoms with Crippen molar-refractivity contribution in [3.8, 4) is 40.4 Å². The summed E-state index contributed by atoms with van der Waals surface area (Å²) in [5.41, 5.74) is 13.0. The zero-order chi connectivity index (χ0) is 44.0. The lowest BCUT2D eigenvalue weighted by Gasteiger charge is -2.19. The van der Waals surface area contributed by atoms with Gasteiger partial charge in [-0.05, 0) is 119 Å². The van der Waals surface area contributed by atoms with Gasteiger partial charge in [0, 0.05) is 63.0 Å². The van der Waals surface area contributed by atoms with Crippen molar-refractivity contribution in [2.75, 3.05) is 6.61 Å². The van der Waals surface area contributed by atoms with Gasteiger partial charge in [0.1, 0.15) is 5.52 Å². The highest BCUT2D eigenvalue weighted by molar-refractivity contribution is 7.28. The Bertz CT molecular complexity index is 2780. The van der Waals surface area contributed by atoms with Crippen molar-refractivity contribution in [3.63, 3.8) is 0 Å². The van der Waals surface area contributed by atoms with Gasteiger partial charge in [0.2, 0.25) is 7.28 Å². The SMILES string of the molecule is CCCCCCc1cc(-c2cc(CCCCCC)c(Cc3cc(CCCCCCO)cs3)s2)sc1[B]c1ccc(-c2cc3c(s2)-c2sc(-c4ccccc4)cc2C3(C)C)c2nsnc12. The van der Waals surface area contributed by atoms with Gasteiger partial charge in [-0.15, -0.1) is 56.7 Å². The molecule has 1 N–H and O–H groups in total. The molecule has 0 bridgehead atoms. The number of fused-ring (bicyclic) bond motifs is 4. The van der Waals surface area contributed by atoms with Crippen molar-refractivity contribution >= 4 is 97.0 Å². The molecule has 331 valence electrons. The van der Waals surface area contributed by atoms with E-state index < -0.39 is 0 Å². The summed E-state index contributed by atoms with van der Waals surface area (Å²) in [5.74, 6) is 0. The Hall–Kier alpha value is -3.22. The maximum absolute atomic E-state index is 9.17. The maximum Gasteiger partial charge on any atom is 0.208 e. The highest BCUT2D eigenvalue weighted by atomic mass is 32.1. The van der Waals surface area contributed by atoms with Crippen LogP contribution in [0.1, 0.15) is 142 Å². The highest BCUT2D eigenvalue weighted by Gasteiger charge is 2.40. The highest BCUT2D eigenvalue weighted by Crippen LogP contribution is 2.58. The van der Waals surface area contributed by atoms with Crippen LogP contribution in [0.5, 0.6) is 0 Å². The zero-order valence-corrected chi connectivity index (χ0v) is 42.8. The maximum atomic E-state index is 9.17. The molecule has 3 nitrogen and oxygen atoms in total. The standard InChI is InChI=1S/C54H60BN2OS6/c1-5-7-9-15-23-37-29-47(60-44(37)31-39-28-35(34-59-39)20-14-11-12-19-27-58)48-30-38(24-16-10-8-6-2)53(63-48)55-43-26-25-40(49-50(43)57-64-56-49)46-33-42-52(62-46)51-41(54(42,3)4)32-45(61-51)36-21-17-13-18-22-36/h13,17-18,21-22,25-26,28-30,32-34,58H,5-12,14-16,19-20,23-24,27,31H2,1-4H3. The van der Waals surface area contributed by atoms with Crippen LogP contribution >= 0.6 is 68.4 Å². The molecule has 6 aromatic heterocycles. The van der Waals surface area contributed by atoms with Crippen molar-refractivity contribution in [3.05, 3.63) is 116 Å². The number of aliphatic hydroxyl groups is 1. The third kappa shape index (κ3) is 10.0. The second-order valence-corrected chi connectivity index (χ2v) is 24.0. The Labute approximate surface area is 406 Å². The van der Waals surface area contributed by atoms with Crippen LogP contribution in [-0.4, -0.2) is 27.7 Å². The minimum atomic E-state index is -0.0472. The van der Waals surface area contributed by atoms with Gasteiger partial charge in [-0.25, -0.2) is 0 Å². The van der Waals surface area contributed by atoms with Gasteiger partial charge in [-0.1, -0.05) is 127 Å². The molecule has 6 heterocycles. The lowest BCUT2D eigenvalue weighted by Crippen LogP contribution is -2.28. The van der Waals surface area contributed by atoms with Crippen molar-refractivity contribution in [1.82, 2.24) is 8.75 Å². The second kappa shape index (κ2) is 21.2. The van der Waals surface area contributed by atoms with Crippen molar-refractivity contribution < 1.29 is 5.11 Å². The van der Waals surface area contributed by atoms with E-state index in [9.17, 15) is 0 Å². The second-order valence-electron chi connectivity index (χ2n) is 18.2. The average Bonchev–Trinajstić information content (AvgIpc) is 4.17. The molecule has 9 rings (SSSR count). The molecular formula is C54H60BN2OS6. The number of nitrogens with zero attached hydrogens (tertiary/aromatic N) is 2. The first kappa shape index (κ1) is 45.9. The van der Waals surface area contributed by atoms with E-state index in [1.54, 1.807) is 10.4 Å². The van der Waals surface area contributed by atoms with Crippen molar-refractivity contribution in [2.45, 2.75) is 136 Å². The monoisotopic (exact) mass is 955 g/mol. The summed E-state index contributed by atoms with van der Waals surface area (Å²) in [6, 6.07) is 27.9. The van der Waals surface area contributed by atoms with Gasteiger partial charge in [-0.3, -0.25) is 0 Å². The molecule has 0 spiro atoms. The van der Waals surface area contributed by atoms with E-state index in [4.69, 9.17) is 13.9 Å². The predicted molar refractivity (Wildman–Crippen MR) is 286 cm³/mol. The molecule has 10 heteroatoms. The van der Waals surface area contributed by atoms with E-state index in [-0.39, 0.29) is 5.41 Å². The van der Waals surface area contributed by atoms with Crippen molar-refractivity contribution in [1.29, 1.82) is 0 Å². The first-order valence-corrected chi connectivity index (χ1v) is 28.6. The molecule has 0 saturated heterocycles.